The van der Waals surface area contributed by atoms with Gasteiger partial charge in [-0.2, -0.15) is 0 Å². The topological polar surface area (TPSA) is 79.4 Å². The van der Waals surface area contributed by atoms with Gasteiger partial charge in [0.2, 0.25) is 0 Å². The summed E-state index contributed by atoms with van der Waals surface area (Å²) in [6.07, 6.45) is 1.17. The van der Waals surface area contributed by atoms with Gasteiger partial charge in [-0.3, -0.25) is 4.98 Å². The quantitative estimate of drug-likeness (QED) is 0.712. The number of nitrogens with zero attached hydrogens (tertiary/aromatic N) is 1. The summed E-state index contributed by atoms with van der Waals surface area (Å²) in [5.41, 5.74) is 5.75. The van der Waals surface area contributed by atoms with Gasteiger partial charge < -0.3 is 15.9 Å². The molecule has 0 amide bonds. The number of rotatable bonds is 3. The number of nitrogens with two attached hydrogens (primary N) is 1. The van der Waals surface area contributed by atoms with Gasteiger partial charge in [0.25, 0.3) is 0 Å². The van der Waals surface area contributed by atoms with Crippen LogP contribution in [-0.4, -0.2) is 27.8 Å². The summed E-state index contributed by atoms with van der Waals surface area (Å²) in [6, 6.07) is 1.69. The van der Waals surface area contributed by atoms with Crippen LogP contribution in [0.3, 0.4) is 0 Å². The van der Waals surface area contributed by atoms with Crippen LogP contribution in [0.15, 0.2) is 22.9 Å². The maximum atomic E-state index is 9.52. The van der Waals surface area contributed by atoms with Gasteiger partial charge in [-0.05, 0) is 22.0 Å². The van der Waals surface area contributed by atoms with E-state index in [2.05, 4.69) is 20.9 Å². The van der Waals surface area contributed by atoms with Crippen LogP contribution in [0.4, 0.5) is 0 Å². The maximum Gasteiger partial charge on any atom is 0.108 e. The van der Waals surface area contributed by atoms with Crippen molar-refractivity contribution < 1.29 is 10.2 Å². The summed E-state index contributed by atoms with van der Waals surface area (Å²) < 4.78 is 0.758. The summed E-state index contributed by atoms with van der Waals surface area (Å²) in [6.45, 7) is 0.0215. The van der Waals surface area contributed by atoms with E-state index in [0.717, 1.165) is 4.47 Å². The number of pyridine rings is 1. The molecule has 1 heterocycles. The molecule has 0 fully saturated rings. The predicted molar refractivity (Wildman–Crippen MR) is 52.0 cm³/mol. The molecule has 13 heavy (non-hydrogen) atoms. The Balaban J connectivity index is 2.82. The monoisotopic (exact) mass is 246 g/mol. The lowest BCUT2D eigenvalue weighted by Crippen LogP contribution is -2.27. The Labute approximate surface area is 84.5 Å². The largest absolute Gasteiger partial charge is 0.389 e. The summed E-state index contributed by atoms with van der Waals surface area (Å²) >= 11 is 3.21. The Morgan fingerprint density at radius 3 is 2.69 bits per heavy atom. The van der Waals surface area contributed by atoms with Gasteiger partial charge in [-0.1, -0.05) is 0 Å². The first kappa shape index (κ1) is 10.6. The first-order chi connectivity index (χ1) is 6.15. The lowest BCUT2D eigenvalue weighted by atomic mass is 10.1. The third-order valence-corrected chi connectivity index (χ3v) is 2.11. The van der Waals surface area contributed by atoms with Crippen LogP contribution < -0.4 is 5.73 Å². The minimum absolute atomic E-state index is 0.0215. The number of hydrogen-bond acceptors (Lipinski definition) is 4. The molecule has 4 nitrogen and oxygen atoms in total. The molecule has 2 unspecified atom stereocenters. The SMILES string of the molecule is NCC(O)C(O)c1cncc(Br)c1. The molecule has 0 aliphatic rings. The first-order valence-corrected chi connectivity index (χ1v) is 4.61. The molecule has 1 aromatic heterocycles. The second-order valence-corrected chi connectivity index (χ2v) is 3.60. The van der Waals surface area contributed by atoms with Crippen LogP contribution >= 0.6 is 15.9 Å². The molecule has 0 saturated heterocycles. The molecule has 0 aliphatic carbocycles. The molecule has 0 saturated carbocycles. The highest BCUT2D eigenvalue weighted by atomic mass is 79.9. The molecular weight excluding hydrogens is 236 g/mol. The number of halogens is 1. The van der Waals surface area contributed by atoms with Crippen molar-refractivity contribution in [1.82, 2.24) is 4.98 Å². The summed E-state index contributed by atoms with van der Waals surface area (Å²) in [5, 5.41) is 18.8. The third kappa shape index (κ3) is 2.73. The molecule has 1 rings (SSSR count). The normalized spacial score (nSPS) is 15.4. The number of aliphatic hydroxyl groups is 2. The van der Waals surface area contributed by atoms with Gasteiger partial charge in [0.15, 0.2) is 0 Å². The zero-order valence-electron chi connectivity index (χ0n) is 6.89. The minimum atomic E-state index is -0.977. The third-order valence-electron chi connectivity index (χ3n) is 1.67. The van der Waals surface area contributed by atoms with Gasteiger partial charge >= 0.3 is 0 Å². The molecule has 2 atom stereocenters. The molecule has 4 N–H and O–H groups in total. The fraction of sp³-hybridized carbons (Fsp3) is 0.375. The molecule has 0 aromatic carbocycles. The van der Waals surface area contributed by atoms with Crippen molar-refractivity contribution >= 4 is 15.9 Å². The van der Waals surface area contributed by atoms with Gasteiger partial charge in [0, 0.05) is 29.0 Å². The Hall–Kier alpha value is -0.490. The van der Waals surface area contributed by atoms with E-state index in [1.165, 1.54) is 6.20 Å². The first-order valence-electron chi connectivity index (χ1n) is 3.81. The Bertz CT molecular complexity index is 283. The van der Waals surface area contributed by atoms with E-state index >= 15 is 0 Å². The van der Waals surface area contributed by atoms with Crippen molar-refractivity contribution in [2.45, 2.75) is 12.2 Å². The second-order valence-electron chi connectivity index (χ2n) is 2.68. The Morgan fingerprint density at radius 1 is 1.46 bits per heavy atom. The van der Waals surface area contributed by atoms with E-state index in [1.54, 1.807) is 12.3 Å². The summed E-state index contributed by atoms with van der Waals surface area (Å²) in [4.78, 5) is 3.86. The zero-order valence-corrected chi connectivity index (χ0v) is 8.48. The number of aromatic nitrogens is 1. The molecular formula is C8H11BrN2O2. The van der Waals surface area contributed by atoms with Crippen LogP contribution in [0.1, 0.15) is 11.7 Å². The summed E-state index contributed by atoms with van der Waals surface area (Å²) in [5.74, 6) is 0. The molecule has 0 spiro atoms. The van der Waals surface area contributed by atoms with Crippen LogP contribution in [0.2, 0.25) is 0 Å². The maximum absolute atomic E-state index is 9.52. The molecule has 0 aliphatic heterocycles. The van der Waals surface area contributed by atoms with Crippen molar-refractivity contribution in [3.63, 3.8) is 0 Å². The van der Waals surface area contributed by atoms with Crippen LogP contribution in [0.5, 0.6) is 0 Å². The van der Waals surface area contributed by atoms with E-state index in [-0.39, 0.29) is 6.54 Å². The smallest absolute Gasteiger partial charge is 0.108 e. The Kier molecular flexibility index (Phi) is 3.80. The predicted octanol–water partition coefficient (Wildman–Crippen LogP) is 0.197. The van der Waals surface area contributed by atoms with E-state index in [9.17, 15) is 10.2 Å². The van der Waals surface area contributed by atoms with Gasteiger partial charge in [0.05, 0.1) is 6.10 Å². The molecule has 0 radical (unpaired) electrons. The lowest BCUT2D eigenvalue weighted by molar-refractivity contribution is 0.0241. The molecule has 1 aromatic rings. The van der Waals surface area contributed by atoms with Crippen LogP contribution in [0, 0.1) is 0 Å². The minimum Gasteiger partial charge on any atom is -0.389 e. The van der Waals surface area contributed by atoms with Gasteiger partial charge in [-0.25, -0.2) is 0 Å². The highest BCUT2D eigenvalue weighted by Crippen LogP contribution is 2.18. The summed E-state index contributed by atoms with van der Waals surface area (Å²) in [7, 11) is 0. The Morgan fingerprint density at radius 2 is 2.15 bits per heavy atom. The van der Waals surface area contributed by atoms with Gasteiger partial charge in [-0.15, -0.1) is 0 Å². The van der Waals surface area contributed by atoms with Gasteiger partial charge in [0.1, 0.15) is 6.10 Å². The fourth-order valence-corrected chi connectivity index (χ4v) is 1.32. The van der Waals surface area contributed by atoms with Crippen molar-refractivity contribution in [3.8, 4) is 0 Å². The van der Waals surface area contributed by atoms with E-state index < -0.39 is 12.2 Å². The zero-order chi connectivity index (χ0) is 9.84. The standard InChI is InChI=1S/C8H11BrN2O2/c9-6-1-5(3-11-4-6)8(13)7(12)2-10/h1,3-4,7-8,12-13H,2,10H2. The molecule has 5 heteroatoms. The number of aliphatic hydroxyl groups excluding tert-OH is 2. The second kappa shape index (κ2) is 4.66. The average molecular weight is 247 g/mol. The molecule has 72 valence electrons. The highest BCUT2D eigenvalue weighted by Gasteiger charge is 2.16. The fourth-order valence-electron chi connectivity index (χ4n) is 0.941. The van der Waals surface area contributed by atoms with Crippen LogP contribution in [0.25, 0.3) is 0 Å². The number of hydrogen-bond donors (Lipinski definition) is 3. The van der Waals surface area contributed by atoms with E-state index in [4.69, 9.17) is 5.73 Å². The van der Waals surface area contributed by atoms with Crippen molar-refractivity contribution in [3.05, 3.63) is 28.5 Å². The van der Waals surface area contributed by atoms with E-state index in [1.807, 2.05) is 0 Å². The molecule has 0 bridgehead atoms. The van der Waals surface area contributed by atoms with Crippen molar-refractivity contribution in [2.75, 3.05) is 6.54 Å². The van der Waals surface area contributed by atoms with Crippen LogP contribution in [-0.2, 0) is 0 Å². The van der Waals surface area contributed by atoms with E-state index in [0.29, 0.717) is 5.56 Å². The lowest BCUT2D eigenvalue weighted by Gasteiger charge is -2.15. The average Bonchev–Trinajstić information content (AvgIpc) is 2.15. The van der Waals surface area contributed by atoms with Crippen molar-refractivity contribution in [2.24, 2.45) is 5.73 Å². The van der Waals surface area contributed by atoms with Crippen molar-refractivity contribution in [1.29, 1.82) is 0 Å². The highest BCUT2D eigenvalue weighted by molar-refractivity contribution is 9.10.